The number of aliphatic hydroxyl groups is 3. The summed E-state index contributed by atoms with van der Waals surface area (Å²) in [5, 5.41) is 54.1. The van der Waals surface area contributed by atoms with Gasteiger partial charge in [0.05, 0.1) is 5.56 Å². The number of Topliss-reactive ketones (excluding diaryl/α,β-unsaturated/α-hetero) is 2. The maximum atomic E-state index is 13.7. The van der Waals surface area contributed by atoms with E-state index in [4.69, 9.17) is 5.73 Å². The third-order valence-electron chi connectivity index (χ3n) is 7.99. The summed E-state index contributed by atoms with van der Waals surface area (Å²) in [7, 11) is 3.72. The number of carbonyl (C=O) groups is 4. The van der Waals surface area contributed by atoms with Crippen molar-refractivity contribution in [1.29, 1.82) is 0 Å². The van der Waals surface area contributed by atoms with E-state index in [9.17, 15) is 44.7 Å². The van der Waals surface area contributed by atoms with Crippen LogP contribution in [0, 0.1) is 11.8 Å². The Bertz CT molecular complexity index is 1550. The Kier molecular flexibility index (Phi) is 5.80. The molecule has 11 nitrogen and oxygen atoms in total. The molecule has 1 fully saturated rings. The van der Waals surface area contributed by atoms with Gasteiger partial charge in [-0.1, -0.05) is 12.1 Å². The minimum absolute atomic E-state index is 0.0244. The van der Waals surface area contributed by atoms with Crippen molar-refractivity contribution in [2.45, 2.75) is 24.9 Å². The van der Waals surface area contributed by atoms with E-state index < -0.39 is 75.7 Å². The summed E-state index contributed by atoms with van der Waals surface area (Å²) < 4.78 is 0. The van der Waals surface area contributed by atoms with Crippen molar-refractivity contribution < 1.29 is 44.7 Å². The largest absolute Gasteiger partial charge is 0.508 e. The van der Waals surface area contributed by atoms with Crippen molar-refractivity contribution in [3.05, 3.63) is 63.9 Å². The molecule has 0 saturated heterocycles. The number of carboxylic acids is 1. The number of primary amides is 1. The first-order valence-electron chi connectivity index (χ1n) is 12.2. The van der Waals surface area contributed by atoms with Gasteiger partial charge in [0.15, 0.2) is 11.4 Å². The van der Waals surface area contributed by atoms with E-state index >= 15 is 0 Å². The van der Waals surface area contributed by atoms with E-state index in [1.54, 1.807) is 12.1 Å². The number of aliphatic hydroxyl groups excluding tert-OH is 2. The number of carboxylic acid groups (broad SMARTS) is 1. The molecule has 5 rings (SSSR count). The average Bonchev–Trinajstić information content (AvgIpc) is 2.86. The van der Waals surface area contributed by atoms with E-state index in [-0.39, 0.29) is 24.0 Å². The number of carbonyl (C=O) groups excluding carboxylic acids is 3. The predicted octanol–water partition coefficient (Wildman–Crippen LogP) is 1.86. The number of rotatable bonds is 4. The van der Waals surface area contributed by atoms with Gasteiger partial charge in [0, 0.05) is 37.7 Å². The lowest BCUT2D eigenvalue weighted by Gasteiger charge is -2.46. The standard InChI is InChI=1S/C28H26N2O9/c1-30(2)14-5-3-11(4-6-14)15-10-17(27(37)38)22(32)20-16(15)8-12-7-13-9-18(31)21(26(29)36)25(35)28(13,39)24(34)19(12)23(20)33/h3-6,10,12-13,32-33,35,39H,7-9H2,1-2H3,(H2,29,36)(H,37,38)/t12-,13+,28+/m1/s1. The molecule has 202 valence electrons. The van der Waals surface area contributed by atoms with Crippen LogP contribution >= 0.6 is 0 Å². The van der Waals surface area contributed by atoms with Crippen molar-refractivity contribution >= 4 is 34.9 Å². The monoisotopic (exact) mass is 534 g/mol. The Morgan fingerprint density at radius 3 is 2.26 bits per heavy atom. The molecule has 0 aliphatic heterocycles. The first kappa shape index (κ1) is 26.0. The number of amides is 1. The summed E-state index contributed by atoms with van der Waals surface area (Å²) in [4.78, 5) is 51.9. The van der Waals surface area contributed by atoms with Crippen molar-refractivity contribution in [3.63, 3.8) is 0 Å². The third kappa shape index (κ3) is 3.61. The van der Waals surface area contributed by atoms with Crippen LogP contribution in [0.5, 0.6) is 5.75 Å². The zero-order valence-corrected chi connectivity index (χ0v) is 21.1. The number of ketones is 2. The van der Waals surface area contributed by atoms with E-state index in [2.05, 4.69) is 0 Å². The lowest BCUT2D eigenvalue weighted by atomic mass is 9.59. The van der Waals surface area contributed by atoms with Gasteiger partial charge in [0.2, 0.25) is 5.78 Å². The SMILES string of the molecule is CN(C)c1ccc(-c2cc(C(=O)O)c(O)c3c2C[C@H]2C[C@H]4CC(=O)C(C(N)=O)=C(O)[C@@]4(O)C(=O)C2=C3O)cc1. The van der Waals surface area contributed by atoms with Crippen molar-refractivity contribution in [2.24, 2.45) is 17.6 Å². The second-order valence-electron chi connectivity index (χ2n) is 10.3. The maximum absolute atomic E-state index is 13.7. The molecule has 3 atom stereocenters. The van der Waals surface area contributed by atoms with E-state index in [1.807, 2.05) is 31.1 Å². The van der Waals surface area contributed by atoms with Gasteiger partial charge >= 0.3 is 5.97 Å². The number of benzene rings is 2. The van der Waals surface area contributed by atoms with Crippen molar-refractivity contribution in [3.8, 4) is 16.9 Å². The van der Waals surface area contributed by atoms with Gasteiger partial charge in [-0.25, -0.2) is 4.79 Å². The molecular weight excluding hydrogens is 508 g/mol. The van der Waals surface area contributed by atoms with Gasteiger partial charge in [0.1, 0.15) is 28.4 Å². The highest BCUT2D eigenvalue weighted by molar-refractivity contribution is 6.22. The quantitative estimate of drug-likeness (QED) is 0.315. The molecular formula is C28H26N2O9. The molecule has 7 N–H and O–H groups in total. The van der Waals surface area contributed by atoms with Gasteiger partial charge in [-0.15, -0.1) is 0 Å². The minimum Gasteiger partial charge on any atom is -0.508 e. The zero-order chi connectivity index (χ0) is 28.5. The Balaban J connectivity index is 1.75. The van der Waals surface area contributed by atoms with Crippen molar-refractivity contribution in [2.75, 3.05) is 19.0 Å². The van der Waals surface area contributed by atoms with E-state index in [0.29, 0.717) is 16.7 Å². The molecule has 2 aromatic rings. The highest BCUT2D eigenvalue weighted by Gasteiger charge is 2.60. The number of hydrogen-bond acceptors (Lipinski definition) is 9. The van der Waals surface area contributed by atoms with Crippen LogP contribution in [0.4, 0.5) is 5.69 Å². The van der Waals surface area contributed by atoms with Crippen LogP contribution in [0.15, 0.2) is 47.2 Å². The van der Waals surface area contributed by atoms with Crippen LogP contribution < -0.4 is 10.6 Å². The van der Waals surface area contributed by atoms with E-state index in [0.717, 1.165) is 5.69 Å². The molecule has 39 heavy (non-hydrogen) atoms. The van der Waals surface area contributed by atoms with E-state index in [1.165, 1.54) is 6.07 Å². The Morgan fingerprint density at radius 2 is 1.69 bits per heavy atom. The van der Waals surface area contributed by atoms with Crippen LogP contribution in [0.2, 0.25) is 0 Å². The van der Waals surface area contributed by atoms with Gasteiger partial charge in [-0.2, -0.15) is 0 Å². The molecule has 0 unspecified atom stereocenters. The van der Waals surface area contributed by atoms with Gasteiger partial charge in [-0.3, -0.25) is 14.4 Å². The molecule has 11 heteroatoms. The summed E-state index contributed by atoms with van der Waals surface area (Å²) >= 11 is 0. The number of fused-ring (bicyclic) bond motifs is 3. The molecule has 0 bridgehead atoms. The van der Waals surface area contributed by atoms with Gasteiger partial charge in [-0.05, 0) is 53.6 Å². The zero-order valence-electron chi connectivity index (χ0n) is 21.1. The minimum atomic E-state index is -2.69. The maximum Gasteiger partial charge on any atom is 0.339 e. The van der Waals surface area contributed by atoms with Crippen LogP contribution in [-0.2, 0) is 20.8 Å². The highest BCUT2D eigenvalue weighted by atomic mass is 16.4. The Labute approximate surface area is 222 Å². The summed E-state index contributed by atoms with van der Waals surface area (Å²) in [5.41, 5.74) is 2.82. The second kappa shape index (κ2) is 8.70. The molecule has 2 aromatic carbocycles. The number of anilines is 1. The molecule has 1 saturated carbocycles. The summed E-state index contributed by atoms with van der Waals surface area (Å²) in [6.07, 6.45) is -0.389. The lowest BCUT2D eigenvalue weighted by molar-refractivity contribution is -0.147. The normalized spacial score (nSPS) is 24.2. The number of nitrogens with zero attached hydrogens (tertiary/aromatic N) is 1. The summed E-state index contributed by atoms with van der Waals surface area (Å²) in [6.45, 7) is 0. The predicted molar refractivity (Wildman–Crippen MR) is 138 cm³/mol. The topological polar surface area (TPSA) is 199 Å². The van der Waals surface area contributed by atoms with Gasteiger partial charge < -0.3 is 36.2 Å². The fraction of sp³-hybridized carbons (Fsp3) is 0.286. The third-order valence-corrected chi connectivity index (χ3v) is 7.99. The lowest BCUT2D eigenvalue weighted by Crippen LogP contribution is -2.58. The number of aromatic carboxylic acids is 1. The first-order chi connectivity index (χ1) is 18.3. The second-order valence-corrected chi connectivity index (χ2v) is 10.3. The molecule has 3 aliphatic rings. The van der Waals surface area contributed by atoms with Gasteiger partial charge in [0.25, 0.3) is 5.91 Å². The fourth-order valence-corrected chi connectivity index (χ4v) is 6.05. The Hall–Kier alpha value is -4.64. The first-order valence-corrected chi connectivity index (χ1v) is 12.2. The van der Waals surface area contributed by atoms with Crippen molar-refractivity contribution in [1.82, 2.24) is 0 Å². The molecule has 1 amide bonds. The van der Waals surface area contributed by atoms with Crippen LogP contribution in [0.1, 0.15) is 34.3 Å². The number of hydrogen-bond donors (Lipinski definition) is 6. The molecule has 3 aliphatic carbocycles. The highest BCUT2D eigenvalue weighted by Crippen LogP contribution is 2.53. The molecule has 0 heterocycles. The molecule has 0 spiro atoms. The molecule has 0 aromatic heterocycles. The molecule has 0 radical (unpaired) electrons. The number of phenols is 1. The smallest absolute Gasteiger partial charge is 0.339 e. The summed E-state index contributed by atoms with van der Waals surface area (Å²) in [5.74, 6) is -9.22. The van der Waals surface area contributed by atoms with Crippen LogP contribution in [0.25, 0.3) is 16.9 Å². The number of aromatic hydroxyl groups is 1. The van der Waals surface area contributed by atoms with Crippen LogP contribution in [0.3, 0.4) is 0 Å². The summed E-state index contributed by atoms with van der Waals surface area (Å²) in [6, 6.07) is 8.48. The average molecular weight is 535 g/mol. The Morgan fingerprint density at radius 1 is 1.05 bits per heavy atom. The fourth-order valence-electron chi connectivity index (χ4n) is 6.05. The van der Waals surface area contributed by atoms with Crippen LogP contribution in [-0.4, -0.2) is 68.7 Å². The number of nitrogens with two attached hydrogens (primary N) is 1.